The standard InChI is InChI=1S/C16H14ClFN4O2.C12H12O6.C5H10O.CO2/c1-7(2)11-12(8(3)4-5-19-11)22-14-9(15(23)21-16(22)24)6-10(18)13(17)20-14;1-8(13)18-10(11(14)15)7-17-12(16)9-5-3-2-4-6-9;1-5-3-2-4-6-5;2-1-3/h4-7H,1-3H3,(H,21,23,24);2-6,10H,7H2,1H3,(H,14,15);5H,2-4H2,1H3;. The first kappa shape index (κ1) is 41.6. The molecule has 4 aromatic rings. The number of hydrogen-bond donors (Lipinski definition) is 2. The SMILES string of the molecule is CC(=O)OC(COC(=O)c1ccccc1)C(=O)O.CC1CCCO1.Cc1ccnc(C(C)C)c1-n1c(=O)[nH]c(=O)c2cc(F)c(Cl)nc21.O=C=O. The number of aliphatic carboxylic acids is 1. The molecule has 3 aromatic heterocycles. The van der Waals surface area contributed by atoms with Crippen molar-refractivity contribution < 1.29 is 47.7 Å². The lowest BCUT2D eigenvalue weighted by Crippen LogP contribution is -2.32. The van der Waals surface area contributed by atoms with Crippen molar-refractivity contribution in [2.45, 2.75) is 65.6 Å². The third-order valence-electron chi connectivity index (χ3n) is 6.83. The highest BCUT2D eigenvalue weighted by Crippen LogP contribution is 2.25. The number of carboxylic acids is 1. The van der Waals surface area contributed by atoms with Gasteiger partial charge < -0.3 is 19.3 Å². The second-order valence-electron chi connectivity index (χ2n) is 11.1. The molecule has 0 amide bonds. The van der Waals surface area contributed by atoms with Crippen LogP contribution in [0.3, 0.4) is 0 Å². The highest BCUT2D eigenvalue weighted by atomic mass is 35.5. The molecular formula is C34H36ClFN4O11. The van der Waals surface area contributed by atoms with E-state index in [1.807, 2.05) is 20.8 Å². The van der Waals surface area contributed by atoms with Crippen molar-refractivity contribution >= 4 is 46.7 Å². The fourth-order valence-corrected chi connectivity index (χ4v) is 4.64. The van der Waals surface area contributed by atoms with Crippen molar-refractivity contribution in [1.29, 1.82) is 0 Å². The molecule has 2 atom stereocenters. The summed E-state index contributed by atoms with van der Waals surface area (Å²) >= 11 is 5.76. The van der Waals surface area contributed by atoms with Gasteiger partial charge in [-0.05, 0) is 62.4 Å². The van der Waals surface area contributed by atoms with Crippen LogP contribution < -0.4 is 11.2 Å². The van der Waals surface area contributed by atoms with Gasteiger partial charge in [-0.2, -0.15) is 9.59 Å². The van der Waals surface area contributed by atoms with Crippen molar-refractivity contribution in [2.75, 3.05) is 13.2 Å². The molecule has 17 heteroatoms. The number of rotatable bonds is 7. The average molecular weight is 731 g/mol. The van der Waals surface area contributed by atoms with Gasteiger partial charge in [0.1, 0.15) is 6.61 Å². The largest absolute Gasteiger partial charge is 0.478 e. The topological polar surface area (TPSA) is 214 Å². The van der Waals surface area contributed by atoms with E-state index in [1.54, 1.807) is 30.5 Å². The number of halogens is 2. The number of aromatic nitrogens is 4. The second-order valence-corrected chi connectivity index (χ2v) is 11.4. The Balaban J connectivity index is 0.000000292. The van der Waals surface area contributed by atoms with E-state index in [2.05, 4.69) is 26.6 Å². The molecule has 0 bridgehead atoms. The molecule has 0 radical (unpaired) electrons. The number of benzene rings is 1. The van der Waals surface area contributed by atoms with Gasteiger partial charge in [0.15, 0.2) is 16.6 Å². The molecule has 15 nitrogen and oxygen atoms in total. The summed E-state index contributed by atoms with van der Waals surface area (Å²) < 4.78 is 29.3. The van der Waals surface area contributed by atoms with Crippen LogP contribution in [0, 0.1) is 12.7 Å². The minimum atomic E-state index is -1.49. The summed E-state index contributed by atoms with van der Waals surface area (Å²) in [6.07, 6.45) is 3.48. The summed E-state index contributed by atoms with van der Waals surface area (Å²) in [5.41, 5.74) is 0.827. The number of aromatic amines is 1. The highest BCUT2D eigenvalue weighted by Gasteiger charge is 2.23. The minimum absolute atomic E-state index is 0.00634. The Hall–Kier alpha value is -5.57. The van der Waals surface area contributed by atoms with Crippen LogP contribution >= 0.6 is 11.6 Å². The third kappa shape index (κ3) is 12.4. The van der Waals surface area contributed by atoms with E-state index in [1.165, 1.54) is 29.5 Å². The first-order valence-electron chi connectivity index (χ1n) is 15.3. The Morgan fingerprint density at radius 1 is 1.18 bits per heavy atom. The van der Waals surface area contributed by atoms with Gasteiger partial charge in [-0.15, -0.1) is 0 Å². The quantitative estimate of drug-likeness (QED) is 0.202. The van der Waals surface area contributed by atoms with Gasteiger partial charge >= 0.3 is 29.7 Å². The number of pyridine rings is 2. The predicted octanol–water partition coefficient (Wildman–Crippen LogP) is 4.15. The Kier molecular flexibility index (Phi) is 16.5. The van der Waals surface area contributed by atoms with Crippen LogP contribution in [0.4, 0.5) is 4.39 Å². The number of ether oxygens (including phenoxy) is 3. The maximum Gasteiger partial charge on any atom is 0.373 e. The molecule has 5 rings (SSSR count). The van der Waals surface area contributed by atoms with Gasteiger partial charge in [-0.1, -0.05) is 43.6 Å². The lowest BCUT2D eigenvalue weighted by atomic mass is 10.0. The summed E-state index contributed by atoms with van der Waals surface area (Å²) in [7, 11) is 0. The van der Waals surface area contributed by atoms with Gasteiger partial charge in [-0.25, -0.2) is 28.3 Å². The number of hydrogen-bond acceptors (Lipinski definition) is 12. The number of esters is 2. The van der Waals surface area contributed by atoms with Crippen LogP contribution in [0.25, 0.3) is 16.7 Å². The zero-order valence-corrected chi connectivity index (χ0v) is 29.1. The van der Waals surface area contributed by atoms with Gasteiger partial charge in [0.2, 0.25) is 6.10 Å². The van der Waals surface area contributed by atoms with E-state index in [0.29, 0.717) is 23.0 Å². The van der Waals surface area contributed by atoms with Gasteiger partial charge in [-0.3, -0.25) is 19.6 Å². The average Bonchev–Trinajstić information content (AvgIpc) is 3.56. The van der Waals surface area contributed by atoms with E-state index >= 15 is 0 Å². The van der Waals surface area contributed by atoms with Crippen LogP contribution in [-0.4, -0.2) is 74.1 Å². The number of aryl methyl sites for hydroxylation is 1. The molecule has 0 saturated carbocycles. The minimum Gasteiger partial charge on any atom is -0.478 e. The van der Waals surface area contributed by atoms with Gasteiger partial charge in [0.25, 0.3) is 5.56 Å². The molecular weight excluding hydrogens is 695 g/mol. The van der Waals surface area contributed by atoms with Gasteiger partial charge in [0.05, 0.1) is 28.4 Å². The molecule has 0 aliphatic carbocycles. The normalized spacial score (nSPS) is 13.6. The summed E-state index contributed by atoms with van der Waals surface area (Å²) in [5.74, 6) is -3.60. The summed E-state index contributed by atoms with van der Waals surface area (Å²) in [6, 6.07) is 10.8. The van der Waals surface area contributed by atoms with E-state index in [-0.39, 0.29) is 23.1 Å². The molecule has 51 heavy (non-hydrogen) atoms. The molecule has 1 fully saturated rings. The van der Waals surface area contributed by atoms with Crippen molar-refractivity contribution in [3.05, 3.63) is 97.3 Å². The zero-order chi connectivity index (χ0) is 38.2. The molecule has 1 aliphatic rings. The van der Waals surface area contributed by atoms with Crippen molar-refractivity contribution in [2.24, 2.45) is 0 Å². The molecule has 1 aromatic carbocycles. The fraction of sp³-hybridized carbons (Fsp3) is 0.353. The number of carboxylic acid groups (broad SMARTS) is 1. The van der Waals surface area contributed by atoms with Crippen LogP contribution in [0.5, 0.6) is 0 Å². The molecule has 1 saturated heterocycles. The molecule has 2 N–H and O–H groups in total. The first-order chi connectivity index (χ1) is 24.1. The van der Waals surface area contributed by atoms with E-state index in [4.69, 9.17) is 35.8 Å². The first-order valence-corrected chi connectivity index (χ1v) is 15.7. The monoisotopic (exact) mass is 730 g/mol. The maximum atomic E-state index is 13.7. The van der Waals surface area contributed by atoms with E-state index in [0.717, 1.165) is 25.2 Å². The Bertz CT molecular complexity index is 1970. The van der Waals surface area contributed by atoms with Crippen LogP contribution in [0.2, 0.25) is 5.15 Å². The van der Waals surface area contributed by atoms with Crippen LogP contribution in [-0.2, 0) is 33.4 Å². The van der Waals surface area contributed by atoms with Gasteiger partial charge in [0, 0.05) is 19.7 Å². The van der Waals surface area contributed by atoms with E-state index < -0.39 is 52.8 Å². The summed E-state index contributed by atoms with van der Waals surface area (Å²) in [5, 5.41) is 8.27. The molecule has 272 valence electrons. The lowest BCUT2D eigenvalue weighted by molar-refractivity contribution is -0.191. The Morgan fingerprint density at radius 2 is 1.82 bits per heavy atom. The van der Waals surface area contributed by atoms with Crippen LogP contribution in [0.15, 0.2) is 58.3 Å². The van der Waals surface area contributed by atoms with E-state index in [9.17, 15) is 28.4 Å². The Morgan fingerprint density at radius 3 is 2.33 bits per heavy atom. The molecule has 1 aliphatic heterocycles. The molecule has 4 heterocycles. The van der Waals surface area contributed by atoms with Crippen molar-refractivity contribution in [1.82, 2.24) is 19.5 Å². The summed E-state index contributed by atoms with van der Waals surface area (Å²) in [4.78, 5) is 84.1. The van der Waals surface area contributed by atoms with Crippen molar-refractivity contribution in [3.63, 3.8) is 0 Å². The number of carbonyl (C=O) groups is 3. The fourth-order valence-electron chi connectivity index (χ4n) is 4.51. The smallest absolute Gasteiger partial charge is 0.373 e. The maximum absolute atomic E-state index is 13.7. The number of nitrogens with zero attached hydrogens (tertiary/aromatic N) is 3. The number of fused-ring (bicyclic) bond motifs is 1. The number of H-pyrrole nitrogens is 1. The predicted molar refractivity (Wildman–Crippen MR) is 179 cm³/mol. The van der Waals surface area contributed by atoms with Crippen molar-refractivity contribution in [3.8, 4) is 5.69 Å². The zero-order valence-electron chi connectivity index (χ0n) is 28.3. The highest BCUT2D eigenvalue weighted by molar-refractivity contribution is 6.29. The summed E-state index contributed by atoms with van der Waals surface area (Å²) in [6.45, 7) is 9.34. The second kappa shape index (κ2) is 20.2. The lowest BCUT2D eigenvalue weighted by Gasteiger charge is -2.17. The number of nitrogens with one attached hydrogen (secondary N) is 1. The van der Waals surface area contributed by atoms with Crippen LogP contribution in [0.1, 0.15) is 68.1 Å². The molecule has 0 spiro atoms. The third-order valence-corrected chi connectivity index (χ3v) is 7.10. The number of carbonyl (C=O) groups excluding carboxylic acids is 4. The Labute approximate surface area is 295 Å². The molecule has 2 unspecified atom stereocenters.